The van der Waals surface area contributed by atoms with Gasteiger partial charge in [-0.1, -0.05) is 30.3 Å². The van der Waals surface area contributed by atoms with Gasteiger partial charge in [-0.2, -0.15) is 158 Å². The SMILES string of the molecule is CCOc1ccc(OC(F)(F)C(F)F)cc1.CCOc1ccccc1OC(F)(F)C(F)F.COc1ccc(OC(F)(F)C(F)F)cc1.FC(F)C(F)(F)Oc1ccc(OC(F)(F)C(F)F)cc1.FC(F)C(F)(F)Oc1cccc(OC(F)(F)C(F)F)c1.FC(F)C(F)(F)Oc1ccccc1OC(F)(F)C(F)F. The summed E-state index contributed by atoms with van der Waals surface area (Å²) in [6, 6.07) is 23.5. The van der Waals surface area contributed by atoms with Gasteiger partial charge in [-0.05, 0) is 123 Å². The van der Waals surface area contributed by atoms with Gasteiger partial charge < -0.3 is 56.8 Å². The van der Waals surface area contributed by atoms with Crippen molar-refractivity contribution in [2.24, 2.45) is 0 Å². The van der Waals surface area contributed by atoms with Crippen LogP contribution in [0, 0.1) is 0 Å². The van der Waals surface area contributed by atoms with E-state index in [0.717, 1.165) is 60.7 Å². The zero-order chi connectivity index (χ0) is 82.5. The Morgan fingerprint density at radius 3 is 0.617 bits per heavy atom. The number of hydrogen-bond donors (Lipinski definition) is 0. The first-order chi connectivity index (χ1) is 49.0. The summed E-state index contributed by atoms with van der Waals surface area (Å²) >= 11 is 0. The Morgan fingerprint density at radius 2 is 0.402 bits per heavy atom. The Balaban J connectivity index is 0.000000644. The van der Waals surface area contributed by atoms with Crippen LogP contribution in [0.15, 0.2) is 146 Å². The number of ether oxygens (including phenoxy) is 12. The van der Waals surface area contributed by atoms with Crippen molar-refractivity contribution >= 4 is 0 Å². The van der Waals surface area contributed by atoms with Crippen LogP contribution in [0.2, 0.25) is 0 Å². The second kappa shape index (κ2) is 41.5. The van der Waals surface area contributed by atoms with Crippen molar-refractivity contribution in [1.29, 1.82) is 0 Å². The lowest BCUT2D eigenvalue weighted by atomic mass is 10.3. The van der Waals surface area contributed by atoms with Gasteiger partial charge in [0.05, 0.1) is 20.3 Å². The molecule has 606 valence electrons. The molecule has 6 aromatic carbocycles. The summed E-state index contributed by atoms with van der Waals surface area (Å²) < 4.78 is 487. The van der Waals surface area contributed by atoms with Crippen LogP contribution in [0.25, 0.3) is 0 Å². The van der Waals surface area contributed by atoms with Crippen LogP contribution < -0.4 is 56.8 Å². The molecule has 107 heavy (non-hydrogen) atoms. The topological polar surface area (TPSA) is 111 Å². The molecule has 6 aromatic rings. The fourth-order valence-electron chi connectivity index (χ4n) is 5.80. The number of hydrogen-bond acceptors (Lipinski definition) is 12. The lowest BCUT2D eigenvalue weighted by Crippen LogP contribution is -2.35. The number of methoxy groups -OCH3 is 1. The molecule has 6 rings (SSSR count). The highest BCUT2D eigenvalue weighted by atomic mass is 19.4. The van der Waals surface area contributed by atoms with Crippen LogP contribution in [0.3, 0.4) is 0 Å². The van der Waals surface area contributed by atoms with Gasteiger partial charge in [0.2, 0.25) is 0 Å². The zero-order valence-corrected chi connectivity index (χ0v) is 52.5. The molecule has 0 amide bonds. The monoisotopic (exact) mass is 1630 g/mol. The Kier molecular flexibility index (Phi) is 37.0. The van der Waals surface area contributed by atoms with Gasteiger partial charge in [-0.15, -0.1) is 0 Å². The van der Waals surface area contributed by atoms with Crippen LogP contribution in [0.1, 0.15) is 13.8 Å². The first-order valence-corrected chi connectivity index (χ1v) is 27.6. The van der Waals surface area contributed by atoms with Crippen LogP contribution in [0.4, 0.5) is 158 Å². The van der Waals surface area contributed by atoms with Gasteiger partial charge in [-0.3, -0.25) is 0 Å². The average Bonchev–Trinajstić information content (AvgIpc) is 0.833. The van der Waals surface area contributed by atoms with E-state index < -0.39 is 153 Å². The molecule has 0 aliphatic heterocycles. The zero-order valence-electron chi connectivity index (χ0n) is 52.5. The quantitative estimate of drug-likeness (QED) is 0.0375. The first kappa shape index (κ1) is 95.4. The lowest BCUT2D eigenvalue weighted by Gasteiger charge is -2.21. The average molecular weight is 1630 g/mol. The fourth-order valence-corrected chi connectivity index (χ4v) is 5.80. The molecule has 0 saturated heterocycles. The summed E-state index contributed by atoms with van der Waals surface area (Å²) in [6.45, 7) is 4.05. The van der Waals surface area contributed by atoms with E-state index in [9.17, 15) is 158 Å². The van der Waals surface area contributed by atoms with Crippen molar-refractivity contribution in [3.05, 3.63) is 146 Å². The van der Waals surface area contributed by atoms with E-state index in [1.54, 1.807) is 13.8 Å². The van der Waals surface area contributed by atoms with Crippen LogP contribution in [-0.4, -0.2) is 133 Å². The second-order valence-corrected chi connectivity index (χ2v) is 18.5. The van der Waals surface area contributed by atoms with E-state index >= 15 is 0 Å². The molecule has 0 aromatic heterocycles. The molecule has 0 saturated carbocycles. The lowest BCUT2D eigenvalue weighted by molar-refractivity contribution is -0.264. The fraction of sp³-hybridized carbons (Fsp3) is 0.390. The maximum Gasteiger partial charge on any atom is 0.461 e. The Hall–Kier alpha value is -9.60. The molecule has 0 spiro atoms. The Labute approximate surface area is 575 Å². The van der Waals surface area contributed by atoms with E-state index in [4.69, 9.17) is 14.2 Å². The third-order valence-electron chi connectivity index (χ3n) is 10.4. The van der Waals surface area contributed by atoms with Crippen molar-refractivity contribution in [2.75, 3.05) is 20.3 Å². The Morgan fingerprint density at radius 1 is 0.215 bits per heavy atom. The molecule has 0 atom stereocenters. The van der Waals surface area contributed by atoms with E-state index in [2.05, 4.69) is 42.6 Å². The van der Waals surface area contributed by atoms with Crippen molar-refractivity contribution < 1.29 is 215 Å². The van der Waals surface area contributed by atoms with Crippen LogP contribution >= 0.6 is 0 Å². The molecule has 0 unspecified atom stereocenters. The summed E-state index contributed by atoms with van der Waals surface area (Å²) in [7, 11) is 1.39. The highest BCUT2D eigenvalue weighted by Crippen LogP contribution is 2.40. The smallest absolute Gasteiger partial charge is 0.461 e. The van der Waals surface area contributed by atoms with Gasteiger partial charge in [0, 0.05) is 6.07 Å². The van der Waals surface area contributed by atoms with Gasteiger partial charge in [-0.25, -0.2) is 0 Å². The second-order valence-electron chi connectivity index (χ2n) is 18.5. The summed E-state index contributed by atoms with van der Waals surface area (Å²) in [5, 5.41) is 0. The van der Waals surface area contributed by atoms with Gasteiger partial charge in [0.15, 0.2) is 23.0 Å². The van der Waals surface area contributed by atoms with Crippen LogP contribution in [0.5, 0.6) is 69.0 Å². The third kappa shape index (κ3) is 33.8. The number of rotatable bonds is 32. The van der Waals surface area contributed by atoms with E-state index in [0.29, 0.717) is 60.6 Å². The molecule has 0 heterocycles. The molecule has 0 aliphatic rings. The molecule has 0 aliphatic carbocycles. The highest BCUT2D eigenvalue weighted by molar-refractivity contribution is 5.41. The minimum absolute atomic E-state index is 0.00493. The summed E-state index contributed by atoms with van der Waals surface area (Å²) in [6.07, 6.45) is -79.3. The standard InChI is InChI=1S/3C10H6F8O2.2C10H10F4O2.C9H8F4O2/c11-7(12)9(15,16)19-5-1-2-6(4-3-5)20-10(17,18)8(13)14;11-7(12)9(15,16)19-5-2-1-3-6(4-5)20-10(17,18)8(13)14;11-7(12)9(15,16)19-5-3-1-2-4-6(5)20-10(17,18)8(13)14;1-2-15-7-3-5-8(6-4-7)16-10(13,14)9(11)12;1-2-15-7-5-3-4-6-8(7)16-10(13,14)9(11)12;1-14-6-2-4-7(5-3-6)15-9(12,13)8(10)11/h3*1-4,7-8H;2*3-6,9H,2H2,1H3;2-5,8H,1H3. The van der Waals surface area contributed by atoms with E-state index in [1.165, 1.54) is 49.6 Å². The van der Waals surface area contributed by atoms with Crippen LogP contribution in [-0.2, 0) is 0 Å². The molecular formula is C59H46F36O12. The molecule has 48 heteroatoms. The van der Waals surface area contributed by atoms with Crippen molar-refractivity contribution in [3.8, 4) is 69.0 Å². The van der Waals surface area contributed by atoms with Crippen molar-refractivity contribution in [2.45, 2.75) is 127 Å². The maximum absolute atomic E-state index is 12.6. The predicted molar refractivity (Wildman–Crippen MR) is 292 cm³/mol. The first-order valence-electron chi connectivity index (χ1n) is 27.6. The van der Waals surface area contributed by atoms with Crippen molar-refractivity contribution in [3.63, 3.8) is 0 Å². The molecule has 0 N–H and O–H groups in total. The largest absolute Gasteiger partial charge is 0.497 e. The minimum atomic E-state index is -4.99. The maximum atomic E-state index is 12.6. The van der Waals surface area contributed by atoms with Gasteiger partial charge in [0.1, 0.15) is 46.0 Å². The van der Waals surface area contributed by atoms with Crippen molar-refractivity contribution in [1.82, 2.24) is 0 Å². The summed E-state index contributed by atoms with van der Waals surface area (Å²) in [4.78, 5) is 0. The summed E-state index contributed by atoms with van der Waals surface area (Å²) in [5.41, 5.74) is 0. The van der Waals surface area contributed by atoms with E-state index in [1.807, 2.05) is 0 Å². The van der Waals surface area contributed by atoms with E-state index in [-0.39, 0.29) is 23.9 Å². The molecule has 0 fully saturated rings. The number of benzene rings is 6. The minimum Gasteiger partial charge on any atom is -0.497 e. The van der Waals surface area contributed by atoms with Gasteiger partial charge in [0.25, 0.3) is 0 Å². The number of para-hydroxylation sites is 4. The molecule has 0 bridgehead atoms. The molecule has 0 radical (unpaired) electrons. The normalized spacial score (nSPS) is 12.3. The molecule has 12 nitrogen and oxygen atoms in total. The summed E-state index contributed by atoms with van der Waals surface area (Å²) in [5.74, 6) is -6.11. The predicted octanol–water partition coefficient (Wildman–Crippen LogP) is 22.1. The third-order valence-corrected chi connectivity index (χ3v) is 10.4. The highest BCUT2D eigenvalue weighted by Gasteiger charge is 2.51. The number of alkyl halides is 36. The van der Waals surface area contributed by atoms with Gasteiger partial charge >= 0.3 is 113 Å². The number of halogens is 36. The Bertz CT molecular complexity index is 3350. The molecular weight excluding hydrogens is 1580 g/mol.